The van der Waals surface area contributed by atoms with Gasteiger partial charge in [-0.25, -0.2) is 4.39 Å². The van der Waals surface area contributed by atoms with Gasteiger partial charge in [0.2, 0.25) is 0 Å². The highest BCUT2D eigenvalue weighted by atomic mass is 35.5. The molecule has 3 heteroatoms. The molecule has 0 radical (unpaired) electrons. The van der Waals surface area contributed by atoms with E-state index in [1.54, 1.807) is 6.07 Å². The van der Waals surface area contributed by atoms with Crippen molar-refractivity contribution in [2.45, 2.75) is 44.6 Å². The standard InChI is InChI=1S/C14H19ClFN/c1-2-10-5-6-14(17,8-10)9-11-7-12(16)3-4-13(11)15/h3-4,7,10H,2,5-6,8-9,17H2,1H3. The van der Waals surface area contributed by atoms with Crippen LogP contribution in [0.5, 0.6) is 0 Å². The molecule has 0 aliphatic heterocycles. The average molecular weight is 256 g/mol. The Labute approximate surface area is 107 Å². The molecular weight excluding hydrogens is 237 g/mol. The predicted octanol–water partition coefficient (Wildman–Crippen LogP) is 3.93. The zero-order valence-corrected chi connectivity index (χ0v) is 10.9. The molecule has 1 saturated carbocycles. The van der Waals surface area contributed by atoms with Crippen LogP contribution in [0.15, 0.2) is 18.2 Å². The lowest BCUT2D eigenvalue weighted by molar-refractivity contribution is 0.406. The molecule has 1 aromatic rings. The SMILES string of the molecule is CCC1CCC(N)(Cc2cc(F)ccc2Cl)C1. The summed E-state index contributed by atoms with van der Waals surface area (Å²) in [5.74, 6) is 0.477. The Bertz CT molecular complexity index is 407. The second kappa shape index (κ2) is 4.95. The first-order valence-corrected chi connectivity index (χ1v) is 6.63. The summed E-state index contributed by atoms with van der Waals surface area (Å²) in [5, 5.41) is 0.621. The van der Waals surface area contributed by atoms with Crippen molar-refractivity contribution in [2.75, 3.05) is 0 Å². The summed E-state index contributed by atoms with van der Waals surface area (Å²) in [7, 11) is 0. The zero-order valence-electron chi connectivity index (χ0n) is 10.2. The summed E-state index contributed by atoms with van der Waals surface area (Å²) < 4.78 is 13.2. The molecule has 0 spiro atoms. The van der Waals surface area contributed by atoms with Crippen LogP contribution in [0.4, 0.5) is 4.39 Å². The van der Waals surface area contributed by atoms with Crippen molar-refractivity contribution in [3.8, 4) is 0 Å². The Balaban J connectivity index is 2.13. The Morgan fingerprint density at radius 2 is 2.29 bits per heavy atom. The summed E-state index contributed by atoms with van der Waals surface area (Å²) >= 11 is 6.08. The van der Waals surface area contributed by atoms with Crippen molar-refractivity contribution in [2.24, 2.45) is 11.7 Å². The van der Waals surface area contributed by atoms with Crippen LogP contribution in [0.1, 0.15) is 38.2 Å². The molecule has 1 aromatic carbocycles. The molecule has 1 aliphatic carbocycles. The van der Waals surface area contributed by atoms with Gasteiger partial charge in [0.25, 0.3) is 0 Å². The van der Waals surface area contributed by atoms with Gasteiger partial charge >= 0.3 is 0 Å². The van der Waals surface area contributed by atoms with E-state index in [4.69, 9.17) is 17.3 Å². The van der Waals surface area contributed by atoms with E-state index in [9.17, 15) is 4.39 Å². The molecule has 2 atom stereocenters. The fraction of sp³-hybridized carbons (Fsp3) is 0.571. The van der Waals surface area contributed by atoms with Crippen molar-refractivity contribution in [1.82, 2.24) is 0 Å². The van der Waals surface area contributed by atoms with E-state index in [0.29, 0.717) is 17.4 Å². The highest BCUT2D eigenvalue weighted by Crippen LogP contribution is 2.37. The van der Waals surface area contributed by atoms with Gasteiger partial charge in [0, 0.05) is 10.6 Å². The molecule has 2 rings (SSSR count). The lowest BCUT2D eigenvalue weighted by Crippen LogP contribution is -2.39. The van der Waals surface area contributed by atoms with E-state index in [1.807, 2.05) is 0 Å². The van der Waals surface area contributed by atoms with Gasteiger partial charge in [0.15, 0.2) is 0 Å². The number of hydrogen-bond donors (Lipinski definition) is 1. The van der Waals surface area contributed by atoms with Crippen LogP contribution in [0, 0.1) is 11.7 Å². The molecule has 0 aromatic heterocycles. The second-order valence-corrected chi connectivity index (χ2v) is 5.70. The first-order valence-electron chi connectivity index (χ1n) is 6.25. The molecule has 1 fully saturated rings. The third-order valence-corrected chi connectivity index (χ3v) is 4.24. The van der Waals surface area contributed by atoms with Crippen LogP contribution in [0.25, 0.3) is 0 Å². The van der Waals surface area contributed by atoms with Gasteiger partial charge in [-0.1, -0.05) is 24.9 Å². The van der Waals surface area contributed by atoms with Crippen molar-refractivity contribution < 1.29 is 4.39 Å². The maximum atomic E-state index is 13.2. The van der Waals surface area contributed by atoms with Gasteiger partial charge in [-0.3, -0.25) is 0 Å². The molecule has 0 bridgehead atoms. The molecule has 1 aliphatic rings. The van der Waals surface area contributed by atoms with Crippen LogP contribution in [-0.4, -0.2) is 5.54 Å². The molecule has 94 valence electrons. The molecule has 1 nitrogen and oxygen atoms in total. The van der Waals surface area contributed by atoms with Crippen molar-refractivity contribution in [3.05, 3.63) is 34.6 Å². The summed E-state index contributed by atoms with van der Waals surface area (Å²) in [6, 6.07) is 4.51. The van der Waals surface area contributed by atoms with E-state index in [2.05, 4.69) is 6.92 Å². The largest absolute Gasteiger partial charge is 0.325 e. The monoisotopic (exact) mass is 255 g/mol. The maximum absolute atomic E-state index is 13.2. The third kappa shape index (κ3) is 2.99. The number of benzene rings is 1. The van der Waals surface area contributed by atoms with Gasteiger partial charge < -0.3 is 5.73 Å². The highest BCUT2D eigenvalue weighted by Gasteiger charge is 2.35. The lowest BCUT2D eigenvalue weighted by atomic mass is 9.89. The van der Waals surface area contributed by atoms with Crippen LogP contribution in [0.3, 0.4) is 0 Å². The van der Waals surface area contributed by atoms with Gasteiger partial charge in [0.1, 0.15) is 5.82 Å². The molecule has 2 unspecified atom stereocenters. The van der Waals surface area contributed by atoms with E-state index in [-0.39, 0.29) is 11.4 Å². The average Bonchev–Trinajstić information content (AvgIpc) is 2.66. The van der Waals surface area contributed by atoms with Crippen LogP contribution in [-0.2, 0) is 6.42 Å². The zero-order chi connectivity index (χ0) is 12.5. The summed E-state index contributed by atoms with van der Waals surface area (Å²) in [6.07, 6.45) is 5.07. The number of nitrogens with two attached hydrogens (primary N) is 1. The van der Waals surface area contributed by atoms with Crippen LogP contribution >= 0.6 is 11.6 Å². The number of hydrogen-bond acceptors (Lipinski definition) is 1. The van der Waals surface area contributed by atoms with Crippen molar-refractivity contribution in [3.63, 3.8) is 0 Å². The molecular formula is C14H19ClFN. The van der Waals surface area contributed by atoms with Crippen LogP contribution in [0.2, 0.25) is 5.02 Å². The molecule has 0 amide bonds. The van der Waals surface area contributed by atoms with Gasteiger partial charge in [-0.05, 0) is 55.4 Å². The van der Waals surface area contributed by atoms with Crippen molar-refractivity contribution >= 4 is 11.6 Å². The Morgan fingerprint density at radius 1 is 1.53 bits per heavy atom. The molecule has 0 saturated heterocycles. The molecule has 17 heavy (non-hydrogen) atoms. The lowest BCUT2D eigenvalue weighted by Gasteiger charge is -2.25. The first kappa shape index (κ1) is 12.8. The normalized spacial score (nSPS) is 28.6. The van der Waals surface area contributed by atoms with Crippen LogP contribution < -0.4 is 5.73 Å². The molecule has 2 N–H and O–H groups in total. The van der Waals surface area contributed by atoms with E-state index in [0.717, 1.165) is 18.4 Å². The minimum atomic E-state index is -0.238. The Morgan fingerprint density at radius 3 is 2.94 bits per heavy atom. The minimum Gasteiger partial charge on any atom is -0.325 e. The number of halogens is 2. The van der Waals surface area contributed by atoms with E-state index in [1.165, 1.54) is 25.0 Å². The second-order valence-electron chi connectivity index (χ2n) is 5.29. The smallest absolute Gasteiger partial charge is 0.123 e. The summed E-state index contributed by atoms with van der Waals surface area (Å²) in [5.41, 5.74) is 7.04. The topological polar surface area (TPSA) is 26.0 Å². The summed E-state index contributed by atoms with van der Waals surface area (Å²) in [4.78, 5) is 0. The Kier molecular flexibility index (Phi) is 3.74. The van der Waals surface area contributed by atoms with Gasteiger partial charge in [-0.15, -0.1) is 0 Å². The van der Waals surface area contributed by atoms with Gasteiger partial charge in [0.05, 0.1) is 0 Å². The summed E-state index contributed by atoms with van der Waals surface area (Å²) in [6.45, 7) is 2.20. The van der Waals surface area contributed by atoms with Gasteiger partial charge in [-0.2, -0.15) is 0 Å². The predicted molar refractivity (Wildman–Crippen MR) is 69.7 cm³/mol. The third-order valence-electron chi connectivity index (χ3n) is 3.87. The first-order chi connectivity index (χ1) is 8.02. The fourth-order valence-corrected chi connectivity index (χ4v) is 3.02. The highest BCUT2D eigenvalue weighted by molar-refractivity contribution is 6.31. The maximum Gasteiger partial charge on any atom is 0.123 e. The Hall–Kier alpha value is -0.600. The fourth-order valence-electron chi connectivity index (χ4n) is 2.84. The van der Waals surface area contributed by atoms with Crippen molar-refractivity contribution in [1.29, 1.82) is 0 Å². The van der Waals surface area contributed by atoms with E-state index < -0.39 is 0 Å². The quantitative estimate of drug-likeness (QED) is 0.870. The number of rotatable bonds is 3. The van der Waals surface area contributed by atoms with E-state index >= 15 is 0 Å². The minimum absolute atomic E-state index is 0.196. The molecule has 0 heterocycles.